The average Bonchev–Trinajstić information content (AvgIpc) is 2.58. The van der Waals surface area contributed by atoms with E-state index in [0.717, 1.165) is 26.2 Å². The lowest BCUT2D eigenvalue weighted by Gasteiger charge is -2.38. The smallest absolute Gasteiger partial charge is 0.0619 e. The second kappa shape index (κ2) is 5.99. The fraction of sp³-hybridized carbons (Fsp3) is 1.00. The minimum absolute atomic E-state index is 0.236. The molecule has 0 aromatic heterocycles. The summed E-state index contributed by atoms with van der Waals surface area (Å²) in [5.74, 6) is 0.529. The maximum absolute atomic E-state index is 5.77. The van der Waals surface area contributed by atoms with Gasteiger partial charge in [-0.25, -0.2) is 0 Å². The van der Waals surface area contributed by atoms with E-state index in [1.165, 1.54) is 0 Å². The SMILES string of the molecule is COCC(C)C1(CNC(C)C)CCOC1C. The van der Waals surface area contributed by atoms with Crippen molar-refractivity contribution in [2.24, 2.45) is 11.3 Å². The predicted octanol–water partition coefficient (Wildman–Crippen LogP) is 2.06. The molecule has 96 valence electrons. The van der Waals surface area contributed by atoms with Crippen LogP contribution in [0.3, 0.4) is 0 Å². The number of hydrogen-bond acceptors (Lipinski definition) is 3. The standard InChI is InChI=1S/C13H27NO2/c1-10(2)14-9-13(11(3)8-15-5)6-7-16-12(13)4/h10-12,14H,6-9H2,1-5H3. The molecule has 0 aliphatic carbocycles. The summed E-state index contributed by atoms with van der Waals surface area (Å²) in [7, 11) is 1.78. The van der Waals surface area contributed by atoms with Crippen molar-refractivity contribution >= 4 is 0 Å². The Kier molecular flexibility index (Phi) is 5.22. The Bertz CT molecular complexity index is 208. The number of hydrogen-bond donors (Lipinski definition) is 1. The molecular weight excluding hydrogens is 202 g/mol. The Morgan fingerprint density at radius 1 is 1.44 bits per heavy atom. The van der Waals surface area contributed by atoms with E-state index >= 15 is 0 Å². The zero-order valence-corrected chi connectivity index (χ0v) is 11.4. The average molecular weight is 229 g/mol. The topological polar surface area (TPSA) is 30.5 Å². The van der Waals surface area contributed by atoms with Gasteiger partial charge in [-0.1, -0.05) is 20.8 Å². The van der Waals surface area contributed by atoms with Crippen molar-refractivity contribution in [1.82, 2.24) is 5.32 Å². The van der Waals surface area contributed by atoms with Crippen LogP contribution in [0.4, 0.5) is 0 Å². The van der Waals surface area contributed by atoms with E-state index in [-0.39, 0.29) is 5.41 Å². The van der Waals surface area contributed by atoms with Gasteiger partial charge in [-0.3, -0.25) is 0 Å². The number of nitrogens with one attached hydrogen (secondary N) is 1. The van der Waals surface area contributed by atoms with E-state index in [4.69, 9.17) is 9.47 Å². The first kappa shape index (κ1) is 13.9. The highest BCUT2D eigenvalue weighted by molar-refractivity contribution is 4.95. The first-order chi connectivity index (χ1) is 7.53. The molecule has 0 bridgehead atoms. The number of methoxy groups -OCH3 is 1. The molecule has 3 heteroatoms. The highest BCUT2D eigenvalue weighted by Gasteiger charge is 2.45. The van der Waals surface area contributed by atoms with Gasteiger partial charge in [0.05, 0.1) is 6.10 Å². The third kappa shape index (κ3) is 2.96. The van der Waals surface area contributed by atoms with Gasteiger partial charge in [0, 0.05) is 38.3 Å². The van der Waals surface area contributed by atoms with Crippen LogP contribution in [-0.2, 0) is 9.47 Å². The number of ether oxygens (including phenoxy) is 2. The molecule has 1 fully saturated rings. The molecule has 1 aliphatic rings. The molecule has 3 nitrogen and oxygen atoms in total. The van der Waals surface area contributed by atoms with Crippen LogP contribution in [0, 0.1) is 11.3 Å². The van der Waals surface area contributed by atoms with Crippen LogP contribution < -0.4 is 5.32 Å². The summed E-state index contributed by atoms with van der Waals surface area (Å²) in [5, 5.41) is 3.56. The zero-order valence-electron chi connectivity index (χ0n) is 11.4. The van der Waals surface area contributed by atoms with Gasteiger partial charge in [-0.15, -0.1) is 0 Å². The molecule has 16 heavy (non-hydrogen) atoms. The van der Waals surface area contributed by atoms with Crippen LogP contribution in [0.5, 0.6) is 0 Å². The molecular formula is C13H27NO2. The molecule has 0 radical (unpaired) electrons. The van der Waals surface area contributed by atoms with Crippen molar-refractivity contribution < 1.29 is 9.47 Å². The first-order valence-corrected chi connectivity index (χ1v) is 6.37. The summed E-state index contributed by atoms with van der Waals surface area (Å²) in [6.07, 6.45) is 1.46. The fourth-order valence-electron chi connectivity index (χ4n) is 2.66. The van der Waals surface area contributed by atoms with E-state index in [1.807, 2.05) is 0 Å². The van der Waals surface area contributed by atoms with Crippen LogP contribution in [0.15, 0.2) is 0 Å². The van der Waals surface area contributed by atoms with Crippen LogP contribution >= 0.6 is 0 Å². The molecule has 0 aromatic carbocycles. The van der Waals surface area contributed by atoms with Crippen molar-refractivity contribution in [2.45, 2.75) is 46.3 Å². The minimum atomic E-state index is 0.236. The van der Waals surface area contributed by atoms with E-state index in [9.17, 15) is 0 Å². The van der Waals surface area contributed by atoms with Crippen molar-refractivity contribution in [3.8, 4) is 0 Å². The molecule has 1 saturated heterocycles. The summed E-state index contributed by atoms with van der Waals surface area (Å²) in [6.45, 7) is 11.6. The predicted molar refractivity (Wildman–Crippen MR) is 66.6 cm³/mol. The lowest BCUT2D eigenvalue weighted by atomic mass is 9.71. The van der Waals surface area contributed by atoms with Crippen molar-refractivity contribution in [3.05, 3.63) is 0 Å². The second-order valence-corrected chi connectivity index (χ2v) is 5.39. The molecule has 1 aliphatic heterocycles. The van der Waals surface area contributed by atoms with Crippen molar-refractivity contribution in [1.29, 1.82) is 0 Å². The Balaban J connectivity index is 2.68. The molecule has 3 unspecified atom stereocenters. The van der Waals surface area contributed by atoms with Gasteiger partial charge in [0.25, 0.3) is 0 Å². The van der Waals surface area contributed by atoms with E-state index in [1.54, 1.807) is 7.11 Å². The lowest BCUT2D eigenvalue weighted by Crippen LogP contribution is -2.47. The van der Waals surface area contributed by atoms with E-state index < -0.39 is 0 Å². The quantitative estimate of drug-likeness (QED) is 0.756. The minimum Gasteiger partial charge on any atom is -0.384 e. The van der Waals surface area contributed by atoms with Crippen LogP contribution in [-0.4, -0.2) is 39.0 Å². The molecule has 0 saturated carbocycles. The van der Waals surface area contributed by atoms with Crippen molar-refractivity contribution in [2.75, 3.05) is 26.9 Å². The first-order valence-electron chi connectivity index (χ1n) is 6.37. The van der Waals surface area contributed by atoms with Gasteiger partial charge in [-0.2, -0.15) is 0 Å². The van der Waals surface area contributed by atoms with E-state index in [0.29, 0.717) is 18.1 Å². The lowest BCUT2D eigenvalue weighted by molar-refractivity contribution is 0.00346. The van der Waals surface area contributed by atoms with Gasteiger partial charge >= 0.3 is 0 Å². The Morgan fingerprint density at radius 2 is 2.12 bits per heavy atom. The maximum Gasteiger partial charge on any atom is 0.0619 e. The third-order valence-corrected chi connectivity index (χ3v) is 3.98. The van der Waals surface area contributed by atoms with Gasteiger partial charge in [-0.05, 0) is 19.3 Å². The summed E-state index contributed by atoms with van der Waals surface area (Å²) >= 11 is 0. The van der Waals surface area contributed by atoms with Crippen LogP contribution in [0.2, 0.25) is 0 Å². The Hall–Kier alpha value is -0.120. The highest BCUT2D eigenvalue weighted by Crippen LogP contribution is 2.41. The Morgan fingerprint density at radius 3 is 2.56 bits per heavy atom. The van der Waals surface area contributed by atoms with Gasteiger partial charge in [0.2, 0.25) is 0 Å². The largest absolute Gasteiger partial charge is 0.384 e. The fourth-order valence-corrected chi connectivity index (χ4v) is 2.66. The van der Waals surface area contributed by atoms with Crippen LogP contribution in [0.25, 0.3) is 0 Å². The third-order valence-electron chi connectivity index (χ3n) is 3.98. The highest BCUT2D eigenvalue weighted by atomic mass is 16.5. The van der Waals surface area contributed by atoms with Gasteiger partial charge in [0.1, 0.15) is 0 Å². The second-order valence-electron chi connectivity index (χ2n) is 5.39. The summed E-state index contributed by atoms with van der Waals surface area (Å²) < 4.78 is 11.1. The number of rotatable bonds is 6. The summed E-state index contributed by atoms with van der Waals surface area (Å²) in [5.41, 5.74) is 0.236. The molecule has 1 rings (SSSR count). The van der Waals surface area contributed by atoms with Gasteiger partial charge < -0.3 is 14.8 Å². The molecule has 0 aromatic rings. The normalized spacial score (nSPS) is 32.2. The maximum atomic E-state index is 5.77. The molecule has 0 spiro atoms. The monoisotopic (exact) mass is 229 g/mol. The molecule has 0 amide bonds. The summed E-state index contributed by atoms with van der Waals surface area (Å²) in [4.78, 5) is 0. The van der Waals surface area contributed by atoms with Crippen molar-refractivity contribution in [3.63, 3.8) is 0 Å². The van der Waals surface area contributed by atoms with Gasteiger partial charge in [0.15, 0.2) is 0 Å². The molecule has 1 N–H and O–H groups in total. The zero-order chi connectivity index (χ0) is 12.2. The Labute approximate surface area is 99.9 Å². The van der Waals surface area contributed by atoms with Crippen LogP contribution in [0.1, 0.15) is 34.1 Å². The molecule has 1 heterocycles. The summed E-state index contributed by atoms with van der Waals surface area (Å²) in [6, 6.07) is 0.527. The van der Waals surface area contributed by atoms with E-state index in [2.05, 4.69) is 33.0 Å². The molecule has 3 atom stereocenters.